The van der Waals surface area contributed by atoms with E-state index in [0.29, 0.717) is 0 Å². The Morgan fingerprint density at radius 1 is 0.328 bits per heavy atom. The third-order valence-electron chi connectivity index (χ3n) is 13.3. The molecular weight excluding hydrogens is 739 g/mol. The maximum absolute atomic E-state index is 6.59. The topological polar surface area (TPSA) is 16.4 Å². The molecule has 2 nitrogen and oxygen atoms in total. The van der Waals surface area contributed by atoms with Gasteiger partial charge in [0.15, 0.2) is 0 Å². The van der Waals surface area contributed by atoms with Crippen LogP contribution in [0.15, 0.2) is 229 Å². The van der Waals surface area contributed by atoms with E-state index in [-0.39, 0.29) is 0 Å². The lowest BCUT2D eigenvalue weighted by molar-refractivity contribution is 0.672. The largest absolute Gasteiger partial charge is 0.455 e. The number of para-hydroxylation sites is 2. The van der Waals surface area contributed by atoms with E-state index in [1.807, 2.05) is 0 Å². The molecule has 1 heterocycles. The second-order valence-corrected chi connectivity index (χ2v) is 16.3. The monoisotopic (exact) mass is 775 g/mol. The molecule has 0 saturated carbocycles. The van der Waals surface area contributed by atoms with Gasteiger partial charge in [-0.3, -0.25) is 0 Å². The van der Waals surface area contributed by atoms with Crippen molar-refractivity contribution in [3.05, 3.63) is 247 Å². The predicted molar refractivity (Wildman–Crippen MR) is 253 cm³/mol. The highest BCUT2D eigenvalue weighted by atomic mass is 16.3. The average molecular weight is 776 g/mol. The first-order chi connectivity index (χ1) is 30.3. The Labute approximate surface area is 354 Å². The van der Waals surface area contributed by atoms with E-state index < -0.39 is 5.41 Å². The van der Waals surface area contributed by atoms with Gasteiger partial charge in [-0.2, -0.15) is 0 Å². The minimum absolute atomic E-state index is 0.462. The fourth-order valence-corrected chi connectivity index (χ4v) is 10.7. The number of hydrogen-bond donors (Lipinski definition) is 0. The zero-order valence-corrected chi connectivity index (χ0v) is 33.2. The van der Waals surface area contributed by atoms with Crippen molar-refractivity contribution in [2.45, 2.75) is 5.41 Å². The Morgan fingerprint density at radius 2 is 0.869 bits per heavy atom. The van der Waals surface area contributed by atoms with E-state index in [2.05, 4.69) is 229 Å². The van der Waals surface area contributed by atoms with Gasteiger partial charge in [0.2, 0.25) is 0 Å². The third kappa shape index (κ3) is 4.79. The molecule has 2 heteroatoms. The zero-order valence-electron chi connectivity index (χ0n) is 33.2. The molecule has 0 atom stereocenters. The van der Waals surface area contributed by atoms with E-state index in [1.54, 1.807) is 0 Å². The highest BCUT2D eigenvalue weighted by molar-refractivity contribution is 6.16. The van der Waals surface area contributed by atoms with E-state index in [9.17, 15) is 0 Å². The van der Waals surface area contributed by atoms with Crippen molar-refractivity contribution in [3.63, 3.8) is 0 Å². The summed E-state index contributed by atoms with van der Waals surface area (Å²) < 4.78 is 6.59. The summed E-state index contributed by atoms with van der Waals surface area (Å²) in [6.45, 7) is 0. The minimum atomic E-state index is -0.462. The van der Waals surface area contributed by atoms with Crippen LogP contribution in [-0.4, -0.2) is 0 Å². The average Bonchev–Trinajstić information content (AvgIpc) is 3.96. The van der Waals surface area contributed by atoms with Crippen LogP contribution in [0.3, 0.4) is 0 Å². The van der Waals surface area contributed by atoms with Gasteiger partial charge in [0.25, 0.3) is 0 Å². The van der Waals surface area contributed by atoms with Crippen LogP contribution in [0.4, 0.5) is 17.1 Å². The number of nitrogens with zero attached hydrogens (tertiary/aromatic N) is 1. The lowest BCUT2D eigenvalue weighted by Gasteiger charge is -2.33. The molecule has 1 aromatic heterocycles. The van der Waals surface area contributed by atoms with Crippen molar-refractivity contribution >= 4 is 49.8 Å². The maximum atomic E-state index is 6.59. The summed E-state index contributed by atoms with van der Waals surface area (Å²) >= 11 is 0. The molecule has 0 amide bonds. The summed E-state index contributed by atoms with van der Waals surface area (Å²) in [4.78, 5) is 2.49. The van der Waals surface area contributed by atoms with Crippen molar-refractivity contribution in [2.75, 3.05) is 4.90 Å². The Bertz CT molecular complexity index is 3490. The molecule has 2 aliphatic carbocycles. The normalized spacial score (nSPS) is 13.0. The third-order valence-corrected chi connectivity index (χ3v) is 13.3. The van der Waals surface area contributed by atoms with Crippen LogP contribution in [0.25, 0.3) is 77.2 Å². The summed E-state index contributed by atoms with van der Waals surface area (Å²) in [5, 5.41) is 4.54. The summed E-state index contributed by atoms with van der Waals surface area (Å²) in [5.74, 6) is 0. The highest BCUT2D eigenvalue weighted by Gasteiger charge is 2.51. The van der Waals surface area contributed by atoms with Gasteiger partial charge in [-0.25, -0.2) is 0 Å². The molecular formula is C59H37NO. The predicted octanol–water partition coefficient (Wildman–Crippen LogP) is 15.9. The standard InChI is InChI=1S/C59H37NO/c1-2-16-38(17-3-1)42-19-9-14-28-55(42)60(56-29-15-10-20-43(56)40-31-35-57-50(36-40)49-33-30-39-18-4-5-21-44(39)58(49)61-57)41-32-34-48-47-24-8-13-27-53(47)59(54(48)37-41)51-25-11-6-22-45(51)46-23-7-12-26-52(46)59/h1-37H. The number of fused-ring (bicyclic) bond motifs is 15. The van der Waals surface area contributed by atoms with E-state index >= 15 is 0 Å². The fourth-order valence-electron chi connectivity index (χ4n) is 10.7. The minimum Gasteiger partial charge on any atom is -0.455 e. The summed E-state index contributed by atoms with van der Waals surface area (Å²) in [7, 11) is 0. The maximum Gasteiger partial charge on any atom is 0.143 e. The Hall–Kier alpha value is -7.94. The molecule has 0 bridgehead atoms. The molecule has 10 aromatic carbocycles. The number of rotatable bonds is 5. The first-order valence-electron chi connectivity index (χ1n) is 21.1. The Kier molecular flexibility index (Phi) is 7.26. The molecule has 0 N–H and O–H groups in total. The quantitative estimate of drug-likeness (QED) is 0.173. The molecule has 2 aliphatic rings. The first-order valence-corrected chi connectivity index (χ1v) is 21.1. The van der Waals surface area contributed by atoms with Crippen LogP contribution < -0.4 is 4.90 Å². The van der Waals surface area contributed by atoms with Crippen molar-refractivity contribution in [1.29, 1.82) is 0 Å². The molecule has 61 heavy (non-hydrogen) atoms. The summed E-state index contributed by atoms with van der Waals surface area (Å²) in [6, 6.07) is 82.4. The molecule has 13 rings (SSSR count). The Balaban J connectivity index is 1.08. The van der Waals surface area contributed by atoms with Crippen LogP contribution in [0.2, 0.25) is 0 Å². The van der Waals surface area contributed by atoms with Gasteiger partial charge < -0.3 is 9.32 Å². The van der Waals surface area contributed by atoms with Gasteiger partial charge >= 0.3 is 0 Å². The molecule has 0 unspecified atom stereocenters. The van der Waals surface area contributed by atoms with Gasteiger partial charge in [-0.1, -0.05) is 182 Å². The zero-order chi connectivity index (χ0) is 40.1. The van der Waals surface area contributed by atoms with Crippen LogP contribution in [0, 0.1) is 0 Å². The second-order valence-electron chi connectivity index (χ2n) is 16.3. The molecule has 0 saturated heterocycles. The van der Waals surface area contributed by atoms with Crippen LogP contribution in [0.1, 0.15) is 22.3 Å². The lowest BCUT2D eigenvalue weighted by Crippen LogP contribution is -2.26. The van der Waals surface area contributed by atoms with Crippen LogP contribution in [-0.2, 0) is 5.41 Å². The van der Waals surface area contributed by atoms with Crippen LogP contribution in [0.5, 0.6) is 0 Å². The summed E-state index contributed by atoms with van der Waals surface area (Å²) in [5.41, 5.74) is 19.8. The highest BCUT2D eigenvalue weighted by Crippen LogP contribution is 2.63. The van der Waals surface area contributed by atoms with Gasteiger partial charge in [0.1, 0.15) is 11.2 Å². The smallest absolute Gasteiger partial charge is 0.143 e. The van der Waals surface area contributed by atoms with Crippen LogP contribution >= 0.6 is 0 Å². The molecule has 0 radical (unpaired) electrons. The fraction of sp³-hybridized carbons (Fsp3) is 0.0169. The molecule has 1 spiro atoms. The molecule has 0 fully saturated rings. The molecule has 0 aliphatic heterocycles. The number of furan rings is 1. The SMILES string of the molecule is c1ccc(-c2ccccc2N(c2ccc3c(c2)C2(c4ccccc4-c4ccccc42)c2ccccc2-3)c2ccccc2-c2ccc3oc4c5ccccc5ccc4c3c2)cc1. The van der Waals surface area contributed by atoms with Crippen molar-refractivity contribution < 1.29 is 4.42 Å². The van der Waals surface area contributed by atoms with E-state index in [1.165, 1.54) is 55.5 Å². The molecule has 11 aromatic rings. The lowest BCUT2D eigenvalue weighted by atomic mass is 9.70. The first kappa shape index (κ1) is 34.0. The van der Waals surface area contributed by atoms with Gasteiger partial charge in [0, 0.05) is 33.0 Å². The van der Waals surface area contributed by atoms with E-state index in [0.717, 1.165) is 61.1 Å². The number of anilines is 3. The second kappa shape index (κ2) is 13.0. The van der Waals surface area contributed by atoms with Crippen molar-refractivity contribution in [3.8, 4) is 44.5 Å². The van der Waals surface area contributed by atoms with Gasteiger partial charge in [0.05, 0.1) is 16.8 Å². The van der Waals surface area contributed by atoms with E-state index in [4.69, 9.17) is 4.42 Å². The molecule has 284 valence electrons. The van der Waals surface area contributed by atoms with Crippen molar-refractivity contribution in [1.82, 2.24) is 0 Å². The summed E-state index contributed by atoms with van der Waals surface area (Å²) in [6.07, 6.45) is 0. The van der Waals surface area contributed by atoms with Crippen molar-refractivity contribution in [2.24, 2.45) is 0 Å². The van der Waals surface area contributed by atoms with Gasteiger partial charge in [-0.15, -0.1) is 0 Å². The Morgan fingerprint density at radius 3 is 1.54 bits per heavy atom. The number of benzene rings is 10. The number of hydrogen-bond acceptors (Lipinski definition) is 2. The van der Waals surface area contributed by atoms with Gasteiger partial charge in [-0.05, 0) is 103 Å².